The number of aromatic nitrogens is 1. The third-order valence-electron chi connectivity index (χ3n) is 7.26. The number of halogens is 2. The lowest BCUT2D eigenvalue weighted by atomic mass is 9.96. The minimum Gasteiger partial charge on any atom is -0.481 e. The Bertz CT molecular complexity index is 2000. The number of nitrogens with zero attached hydrogens (tertiary/aromatic N) is 3. The van der Waals surface area contributed by atoms with Crippen molar-refractivity contribution in [2.24, 2.45) is 5.92 Å². The Hall–Kier alpha value is -4.53. The Morgan fingerprint density at radius 2 is 1.76 bits per heavy atom. The van der Waals surface area contributed by atoms with E-state index in [0.717, 1.165) is 26.9 Å². The van der Waals surface area contributed by atoms with E-state index >= 15 is 4.39 Å². The van der Waals surface area contributed by atoms with Crippen LogP contribution in [-0.2, 0) is 14.8 Å². The van der Waals surface area contributed by atoms with Gasteiger partial charge < -0.3 is 10.0 Å². The summed E-state index contributed by atoms with van der Waals surface area (Å²) < 4.78 is 60.2. The van der Waals surface area contributed by atoms with Crippen LogP contribution in [0.1, 0.15) is 5.56 Å². The zero-order chi connectivity index (χ0) is 29.1. The molecule has 6 rings (SSSR count). The van der Waals surface area contributed by atoms with Gasteiger partial charge in [0.15, 0.2) is 0 Å². The monoisotopic (exact) mass is 589 g/mol. The quantitative estimate of drug-likeness (QED) is 0.217. The molecule has 1 aliphatic rings. The van der Waals surface area contributed by atoms with Crippen LogP contribution in [0.15, 0.2) is 77.0 Å². The summed E-state index contributed by atoms with van der Waals surface area (Å²) in [6, 6.07) is 15.7. The molecule has 0 saturated carbocycles. The number of aliphatic carboxylic acids is 1. The minimum absolute atomic E-state index is 0.0450. The highest BCUT2D eigenvalue weighted by molar-refractivity contribution is 7.90. The van der Waals surface area contributed by atoms with Crippen molar-refractivity contribution in [3.63, 3.8) is 0 Å². The van der Waals surface area contributed by atoms with Gasteiger partial charge in [-0.3, -0.25) is 4.79 Å². The van der Waals surface area contributed by atoms with Gasteiger partial charge in [0.05, 0.1) is 28.6 Å². The molecule has 0 aliphatic carbocycles. The molecule has 0 atom stereocenters. The van der Waals surface area contributed by atoms with Crippen molar-refractivity contribution in [3.05, 3.63) is 101 Å². The maximum Gasteiger partial charge on any atom is 0.310 e. The number of anilines is 1. The Labute approximate surface area is 238 Å². The number of benzene rings is 3. The highest BCUT2D eigenvalue weighted by atomic mass is 32.2. The van der Waals surface area contributed by atoms with Crippen LogP contribution in [0, 0.1) is 31.0 Å². The number of thiophene rings is 1. The zero-order valence-electron chi connectivity index (χ0n) is 21.5. The molecule has 3 heterocycles. The standard InChI is InChI=1S/C30H21F2N3O4S2/c1-17-3-7-21(8-4-17)41(38,39)35-26-10-5-19(31)13-24(26)27(22-11-12-40-29(22)33-2)28(35)23-14-20(6-9-25(23)32)34-15-18(16-34)30(36)37/h3-14,18H,15-16H2,1H3,(H,36,37). The molecule has 1 aliphatic heterocycles. The maximum absolute atomic E-state index is 15.8. The normalized spacial score (nSPS) is 13.8. The fourth-order valence-electron chi connectivity index (χ4n) is 5.13. The topological polar surface area (TPSA) is 84.0 Å². The van der Waals surface area contributed by atoms with E-state index in [4.69, 9.17) is 6.57 Å². The summed E-state index contributed by atoms with van der Waals surface area (Å²) in [7, 11) is -4.36. The predicted octanol–water partition coefficient (Wildman–Crippen LogP) is 6.93. The largest absolute Gasteiger partial charge is 0.481 e. The van der Waals surface area contributed by atoms with Gasteiger partial charge >= 0.3 is 5.97 Å². The fraction of sp³-hybridized carbons (Fsp3) is 0.133. The second-order valence-corrected chi connectivity index (χ2v) is 12.5. The molecule has 206 valence electrons. The van der Waals surface area contributed by atoms with Crippen LogP contribution in [0.25, 0.3) is 38.1 Å². The van der Waals surface area contributed by atoms with Crippen LogP contribution >= 0.6 is 11.3 Å². The number of carbonyl (C=O) groups is 1. The van der Waals surface area contributed by atoms with Crippen molar-refractivity contribution in [3.8, 4) is 22.4 Å². The van der Waals surface area contributed by atoms with Gasteiger partial charge in [-0.1, -0.05) is 23.8 Å². The van der Waals surface area contributed by atoms with E-state index in [1.165, 1.54) is 42.5 Å². The molecule has 1 saturated heterocycles. The molecular weight excluding hydrogens is 568 g/mol. The van der Waals surface area contributed by atoms with Gasteiger partial charge in [-0.25, -0.2) is 26.0 Å². The SMILES string of the molecule is [C-]#[N+]c1sccc1-c1c(-c2cc(N3CC(C(=O)O)C3)ccc2F)n(S(=O)(=O)c2ccc(C)cc2)c2ccc(F)cc12. The van der Waals surface area contributed by atoms with Crippen molar-refractivity contribution < 1.29 is 27.1 Å². The third kappa shape index (κ3) is 4.36. The Morgan fingerprint density at radius 1 is 1.02 bits per heavy atom. The molecule has 0 bridgehead atoms. The highest BCUT2D eigenvalue weighted by Crippen LogP contribution is 2.48. The van der Waals surface area contributed by atoms with Gasteiger partial charge in [-0.15, -0.1) is 0 Å². The molecule has 0 radical (unpaired) electrons. The van der Waals surface area contributed by atoms with Crippen LogP contribution in [0.2, 0.25) is 0 Å². The van der Waals surface area contributed by atoms with Crippen molar-refractivity contribution in [1.82, 2.24) is 3.97 Å². The van der Waals surface area contributed by atoms with Crippen LogP contribution in [0.3, 0.4) is 0 Å². The van der Waals surface area contributed by atoms with Crippen LogP contribution in [-0.4, -0.2) is 36.6 Å². The lowest BCUT2D eigenvalue weighted by Crippen LogP contribution is -2.50. The van der Waals surface area contributed by atoms with Crippen LogP contribution < -0.4 is 4.90 Å². The molecule has 5 aromatic rings. The molecule has 1 N–H and O–H groups in total. The fourth-order valence-corrected chi connectivity index (χ4v) is 7.35. The molecule has 0 unspecified atom stereocenters. The molecule has 7 nitrogen and oxygen atoms in total. The number of hydrogen-bond acceptors (Lipinski definition) is 5. The zero-order valence-corrected chi connectivity index (χ0v) is 23.1. The van der Waals surface area contributed by atoms with Crippen LogP contribution in [0.5, 0.6) is 0 Å². The van der Waals surface area contributed by atoms with E-state index in [2.05, 4.69) is 4.85 Å². The minimum atomic E-state index is -4.36. The number of aryl methyl sites for hydroxylation is 1. The third-order valence-corrected chi connectivity index (χ3v) is 9.80. The van der Waals surface area contributed by atoms with Gasteiger partial charge in [0.1, 0.15) is 11.6 Å². The summed E-state index contributed by atoms with van der Waals surface area (Å²) in [6.07, 6.45) is 0. The molecule has 3 aromatic carbocycles. The Kier molecular flexibility index (Phi) is 6.40. The molecule has 0 spiro atoms. The lowest BCUT2D eigenvalue weighted by Gasteiger charge is -2.38. The van der Waals surface area contributed by atoms with Crippen molar-refractivity contribution in [2.75, 3.05) is 18.0 Å². The average molecular weight is 590 g/mol. The summed E-state index contributed by atoms with van der Waals surface area (Å²) in [6.45, 7) is 9.94. The lowest BCUT2D eigenvalue weighted by molar-refractivity contribution is -0.142. The molecular formula is C30H21F2N3O4S2. The first-order valence-electron chi connectivity index (χ1n) is 12.5. The van der Waals surface area contributed by atoms with E-state index in [1.807, 2.05) is 6.92 Å². The van der Waals surface area contributed by atoms with Gasteiger partial charge in [0, 0.05) is 40.9 Å². The maximum atomic E-state index is 15.8. The molecule has 1 fully saturated rings. The van der Waals surface area contributed by atoms with Gasteiger partial charge in [-0.2, -0.15) is 11.3 Å². The van der Waals surface area contributed by atoms with E-state index in [0.29, 0.717) is 11.3 Å². The first-order chi connectivity index (χ1) is 19.6. The molecule has 11 heteroatoms. The number of carboxylic acid groups (broad SMARTS) is 1. The summed E-state index contributed by atoms with van der Waals surface area (Å²) >= 11 is 1.14. The summed E-state index contributed by atoms with van der Waals surface area (Å²) in [5.74, 6) is -2.85. The first-order valence-corrected chi connectivity index (χ1v) is 14.8. The summed E-state index contributed by atoms with van der Waals surface area (Å²) in [5, 5.41) is 11.4. The van der Waals surface area contributed by atoms with Crippen molar-refractivity contribution in [2.45, 2.75) is 11.8 Å². The Morgan fingerprint density at radius 3 is 2.44 bits per heavy atom. The van der Waals surface area contributed by atoms with Gasteiger partial charge in [-0.05, 0) is 60.8 Å². The summed E-state index contributed by atoms with van der Waals surface area (Å²) in [4.78, 5) is 16.7. The molecule has 41 heavy (non-hydrogen) atoms. The smallest absolute Gasteiger partial charge is 0.310 e. The summed E-state index contributed by atoms with van der Waals surface area (Å²) in [5.41, 5.74) is 1.92. The van der Waals surface area contributed by atoms with E-state index in [1.54, 1.807) is 28.5 Å². The highest BCUT2D eigenvalue weighted by Gasteiger charge is 2.35. The van der Waals surface area contributed by atoms with Crippen LogP contribution in [0.4, 0.5) is 19.5 Å². The van der Waals surface area contributed by atoms with Gasteiger partial charge in [0.2, 0.25) is 5.00 Å². The van der Waals surface area contributed by atoms with E-state index in [-0.39, 0.29) is 50.7 Å². The number of hydrogen-bond donors (Lipinski definition) is 1. The number of rotatable bonds is 6. The first kappa shape index (κ1) is 26.7. The van der Waals surface area contributed by atoms with E-state index < -0.39 is 33.5 Å². The second kappa shape index (κ2) is 9.83. The van der Waals surface area contributed by atoms with Crippen molar-refractivity contribution in [1.29, 1.82) is 0 Å². The molecule has 2 aromatic heterocycles. The van der Waals surface area contributed by atoms with E-state index in [9.17, 15) is 22.7 Å². The number of fused-ring (bicyclic) bond motifs is 1. The Balaban J connectivity index is 1.71. The number of carboxylic acids is 1. The predicted molar refractivity (Wildman–Crippen MR) is 154 cm³/mol. The second-order valence-electron chi connectivity index (χ2n) is 9.82. The van der Waals surface area contributed by atoms with Gasteiger partial charge in [0.25, 0.3) is 10.0 Å². The molecule has 0 amide bonds. The average Bonchev–Trinajstić information content (AvgIpc) is 3.50. The van der Waals surface area contributed by atoms with Crippen molar-refractivity contribution >= 4 is 48.9 Å².